The Morgan fingerprint density at radius 2 is 2.00 bits per heavy atom. The Labute approximate surface area is 149 Å². The number of hydrogen-bond donors (Lipinski definition) is 1. The van der Waals surface area contributed by atoms with E-state index in [9.17, 15) is 10.1 Å². The summed E-state index contributed by atoms with van der Waals surface area (Å²) in [4.78, 5) is 17.0. The van der Waals surface area contributed by atoms with Gasteiger partial charge in [-0.2, -0.15) is 10.4 Å². The number of aromatic nitrogens is 4. The Bertz CT molecular complexity index is 1150. The second-order valence-corrected chi connectivity index (χ2v) is 5.76. The first-order chi connectivity index (χ1) is 12.7. The quantitative estimate of drug-likeness (QED) is 0.620. The Balaban J connectivity index is 1.74. The summed E-state index contributed by atoms with van der Waals surface area (Å²) in [5.41, 5.74) is 3.59. The van der Waals surface area contributed by atoms with Crippen LogP contribution >= 0.6 is 0 Å². The third kappa shape index (κ3) is 2.70. The van der Waals surface area contributed by atoms with Crippen LogP contribution < -0.4 is 5.32 Å². The van der Waals surface area contributed by atoms with E-state index in [-0.39, 0.29) is 5.91 Å². The molecule has 0 bridgehead atoms. The van der Waals surface area contributed by atoms with Crippen LogP contribution in [-0.4, -0.2) is 25.1 Å². The van der Waals surface area contributed by atoms with Crippen molar-refractivity contribution in [3.63, 3.8) is 0 Å². The van der Waals surface area contributed by atoms with E-state index in [1.54, 1.807) is 36.0 Å². The van der Waals surface area contributed by atoms with Gasteiger partial charge in [-0.3, -0.25) is 9.48 Å². The fraction of sp³-hybridized carbons (Fsp3) is 0.0526. The molecular weight excluding hydrogens is 328 g/mol. The zero-order chi connectivity index (χ0) is 18.1. The Morgan fingerprint density at radius 1 is 1.19 bits per heavy atom. The van der Waals surface area contributed by atoms with Crippen LogP contribution in [0.2, 0.25) is 0 Å². The molecule has 0 radical (unpaired) electrons. The lowest BCUT2D eigenvalue weighted by Gasteiger charge is -2.07. The van der Waals surface area contributed by atoms with Crippen LogP contribution in [0.15, 0.2) is 61.1 Å². The second kappa shape index (κ2) is 6.18. The number of carbonyl (C=O) groups excluding carboxylic acids is 1. The van der Waals surface area contributed by atoms with Gasteiger partial charge in [0.2, 0.25) is 0 Å². The van der Waals surface area contributed by atoms with Gasteiger partial charge in [0.15, 0.2) is 0 Å². The van der Waals surface area contributed by atoms with Crippen molar-refractivity contribution in [2.45, 2.75) is 0 Å². The molecule has 7 heteroatoms. The molecule has 0 fully saturated rings. The van der Waals surface area contributed by atoms with Gasteiger partial charge >= 0.3 is 0 Å². The van der Waals surface area contributed by atoms with Gasteiger partial charge in [-0.05, 0) is 6.07 Å². The van der Waals surface area contributed by atoms with E-state index >= 15 is 0 Å². The number of nitrogens with one attached hydrogen (secondary N) is 1. The summed E-state index contributed by atoms with van der Waals surface area (Å²) in [6.07, 6.45) is 5.07. The first-order valence-corrected chi connectivity index (χ1v) is 7.93. The summed E-state index contributed by atoms with van der Waals surface area (Å²) >= 11 is 0. The van der Waals surface area contributed by atoms with E-state index in [0.717, 1.165) is 11.3 Å². The van der Waals surface area contributed by atoms with Crippen molar-refractivity contribution in [1.82, 2.24) is 19.2 Å². The van der Waals surface area contributed by atoms with Crippen molar-refractivity contribution >= 4 is 17.2 Å². The largest absolute Gasteiger partial charge is 0.319 e. The highest BCUT2D eigenvalue weighted by Crippen LogP contribution is 2.23. The van der Waals surface area contributed by atoms with Crippen LogP contribution in [0.4, 0.5) is 5.69 Å². The van der Waals surface area contributed by atoms with E-state index in [4.69, 9.17) is 0 Å². The number of pyridine rings is 1. The molecule has 0 aliphatic carbocycles. The second-order valence-electron chi connectivity index (χ2n) is 5.76. The molecule has 1 aromatic carbocycles. The summed E-state index contributed by atoms with van der Waals surface area (Å²) in [6.45, 7) is 0. The summed E-state index contributed by atoms with van der Waals surface area (Å²) in [5, 5.41) is 16.2. The molecule has 0 aliphatic heterocycles. The minimum Gasteiger partial charge on any atom is -0.319 e. The highest BCUT2D eigenvalue weighted by molar-refractivity contribution is 6.04. The Kier molecular flexibility index (Phi) is 3.71. The normalized spacial score (nSPS) is 10.6. The van der Waals surface area contributed by atoms with Crippen LogP contribution in [0.25, 0.3) is 16.9 Å². The molecule has 126 valence electrons. The van der Waals surface area contributed by atoms with Crippen LogP contribution in [0.5, 0.6) is 0 Å². The smallest absolute Gasteiger partial charge is 0.273 e. The van der Waals surface area contributed by atoms with Crippen LogP contribution in [0.3, 0.4) is 0 Å². The van der Waals surface area contributed by atoms with Gasteiger partial charge in [0.1, 0.15) is 17.4 Å². The number of amides is 1. The van der Waals surface area contributed by atoms with Gasteiger partial charge in [0.25, 0.3) is 5.91 Å². The molecule has 4 aromatic rings. The zero-order valence-corrected chi connectivity index (χ0v) is 13.9. The third-order valence-electron chi connectivity index (χ3n) is 4.08. The van der Waals surface area contributed by atoms with E-state index < -0.39 is 0 Å². The lowest BCUT2D eigenvalue weighted by Crippen LogP contribution is -2.17. The summed E-state index contributed by atoms with van der Waals surface area (Å²) in [7, 11) is 1.68. The van der Waals surface area contributed by atoms with Crippen molar-refractivity contribution in [2.24, 2.45) is 7.05 Å². The van der Waals surface area contributed by atoms with Crippen molar-refractivity contribution in [3.8, 4) is 17.3 Å². The minimum atomic E-state index is -0.333. The summed E-state index contributed by atoms with van der Waals surface area (Å²) < 4.78 is 3.25. The molecular formula is C19H14N6O. The fourth-order valence-electron chi connectivity index (χ4n) is 2.76. The van der Waals surface area contributed by atoms with Crippen molar-refractivity contribution in [2.75, 3.05) is 5.32 Å². The van der Waals surface area contributed by atoms with Crippen molar-refractivity contribution in [3.05, 3.63) is 72.3 Å². The Hall–Kier alpha value is -3.92. The SMILES string of the molecule is Cn1nccc1C(=O)Nc1cc2nc(-c3ccccc3)cn2cc1C#N. The predicted octanol–water partition coefficient (Wildman–Crippen LogP) is 2.86. The van der Waals surface area contributed by atoms with Crippen LogP contribution in [0, 0.1) is 11.3 Å². The molecule has 0 spiro atoms. The number of carbonyl (C=O) groups is 1. The molecule has 0 aliphatic rings. The number of nitrogens with zero attached hydrogens (tertiary/aromatic N) is 5. The van der Waals surface area contributed by atoms with Gasteiger partial charge in [0, 0.05) is 37.3 Å². The molecule has 4 rings (SSSR count). The van der Waals surface area contributed by atoms with E-state index in [1.807, 2.05) is 36.5 Å². The van der Waals surface area contributed by atoms with Crippen molar-refractivity contribution in [1.29, 1.82) is 5.26 Å². The number of anilines is 1. The highest BCUT2D eigenvalue weighted by Gasteiger charge is 2.14. The van der Waals surface area contributed by atoms with Gasteiger partial charge in [-0.15, -0.1) is 0 Å². The van der Waals surface area contributed by atoms with Gasteiger partial charge in [-0.1, -0.05) is 30.3 Å². The monoisotopic (exact) mass is 342 g/mol. The average molecular weight is 342 g/mol. The maximum Gasteiger partial charge on any atom is 0.273 e. The first-order valence-electron chi connectivity index (χ1n) is 7.93. The maximum absolute atomic E-state index is 12.4. The number of rotatable bonds is 3. The number of hydrogen-bond acceptors (Lipinski definition) is 4. The van der Waals surface area contributed by atoms with Gasteiger partial charge in [0.05, 0.1) is 16.9 Å². The number of imidazole rings is 1. The lowest BCUT2D eigenvalue weighted by atomic mass is 10.2. The molecule has 0 atom stereocenters. The predicted molar refractivity (Wildman–Crippen MR) is 96.5 cm³/mol. The molecule has 3 aromatic heterocycles. The van der Waals surface area contributed by atoms with E-state index in [0.29, 0.717) is 22.6 Å². The summed E-state index contributed by atoms with van der Waals surface area (Å²) in [5.74, 6) is -0.333. The fourth-order valence-corrected chi connectivity index (χ4v) is 2.76. The average Bonchev–Trinajstić information content (AvgIpc) is 3.27. The lowest BCUT2D eigenvalue weighted by molar-refractivity contribution is 0.101. The standard InChI is InChI=1S/C19H14N6O/c1-24-17(7-8-21-24)19(26)23-15-9-18-22-16(13-5-3-2-4-6-13)12-25(18)11-14(15)10-20/h2-9,11-12H,1H3,(H,23,26). The van der Waals surface area contributed by atoms with Gasteiger partial charge in [-0.25, -0.2) is 4.98 Å². The van der Waals surface area contributed by atoms with Crippen LogP contribution in [0.1, 0.15) is 16.1 Å². The van der Waals surface area contributed by atoms with Crippen molar-refractivity contribution < 1.29 is 4.79 Å². The molecule has 26 heavy (non-hydrogen) atoms. The molecule has 0 saturated heterocycles. The molecule has 0 unspecified atom stereocenters. The Morgan fingerprint density at radius 3 is 2.69 bits per heavy atom. The molecule has 1 N–H and O–H groups in total. The van der Waals surface area contributed by atoms with E-state index in [1.165, 1.54) is 4.68 Å². The number of benzene rings is 1. The number of nitriles is 1. The third-order valence-corrected chi connectivity index (χ3v) is 4.08. The van der Waals surface area contributed by atoms with E-state index in [2.05, 4.69) is 21.5 Å². The molecule has 3 heterocycles. The minimum absolute atomic E-state index is 0.333. The molecule has 0 saturated carbocycles. The highest BCUT2D eigenvalue weighted by atomic mass is 16.2. The first kappa shape index (κ1) is 15.6. The summed E-state index contributed by atoms with van der Waals surface area (Å²) in [6, 6.07) is 15.2. The molecule has 7 nitrogen and oxygen atoms in total. The van der Waals surface area contributed by atoms with Gasteiger partial charge < -0.3 is 9.72 Å². The number of aryl methyl sites for hydroxylation is 1. The number of fused-ring (bicyclic) bond motifs is 1. The zero-order valence-electron chi connectivity index (χ0n) is 13.9. The topological polar surface area (TPSA) is 88.0 Å². The molecule has 1 amide bonds. The maximum atomic E-state index is 12.4. The van der Waals surface area contributed by atoms with Crippen LogP contribution in [-0.2, 0) is 7.05 Å².